The van der Waals surface area contributed by atoms with Crippen molar-refractivity contribution < 1.29 is 47.8 Å². The molecule has 202 valence electrons. The van der Waals surface area contributed by atoms with Crippen LogP contribution in [-0.4, -0.2) is 65.7 Å². The van der Waals surface area contributed by atoms with Crippen molar-refractivity contribution >= 4 is 19.8 Å². The number of phosphoric ester groups is 1. The molecule has 0 heterocycles. The summed E-state index contributed by atoms with van der Waals surface area (Å²) >= 11 is 0. The SMILES string of the molecule is CCCCCCCCCC(=O)OC(CO)COP(=O)(O)OCC(CO)OC(=O)CCCCCC. The van der Waals surface area contributed by atoms with E-state index in [0.29, 0.717) is 12.8 Å². The van der Waals surface area contributed by atoms with Crippen molar-refractivity contribution in [3.05, 3.63) is 0 Å². The van der Waals surface area contributed by atoms with Crippen LogP contribution in [-0.2, 0) is 32.7 Å². The van der Waals surface area contributed by atoms with Crippen LogP contribution < -0.4 is 0 Å². The molecule has 3 atom stereocenters. The molecule has 0 rings (SSSR count). The third kappa shape index (κ3) is 19.3. The van der Waals surface area contributed by atoms with E-state index < -0.39 is 58.4 Å². The first kappa shape index (κ1) is 33.0. The molecular formula is C23H45O10P. The van der Waals surface area contributed by atoms with Gasteiger partial charge < -0.3 is 24.6 Å². The standard InChI is InChI=1S/C23H45O10P/c1-3-5-7-9-10-11-13-15-23(27)33-21(17-25)19-31-34(28,29)30-18-20(16-24)32-22(26)14-12-8-6-4-2/h20-21,24-25H,3-19H2,1-2H3,(H,28,29). The van der Waals surface area contributed by atoms with Crippen molar-refractivity contribution in [3.63, 3.8) is 0 Å². The van der Waals surface area contributed by atoms with Crippen molar-refractivity contribution in [2.75, 3.05) is 26.4 Å². The fourth-order valence-electron chi connectivity index (χ4n) is 3.05. The lowest BCUT2D eigenvalue weighted by molar-refractivity contribution is -0.153. The van der Waals surface area contributed by atoms with Crippen molar-refractivity contribution in [2.24, 2.45) is 0 Å². The Labute approximate surface area is 203 Å². The minimum absolute atomic E-state index is 0.187. The lowest BCUT2D eigenvalue weighted by Crippen LogP contribution is -2.28. The zero-order valence-corrected chi connectivity index (χ0v) is 21.7. The van der Waals surface area contributed by atoms with Gasteiger partial charge in [-0.2, -0.15) is 0 Å². The Morgan fingerprint density at radius 1 is 0.676 bits per heavy atom. The number of aliphatic hydroxyl groups excluding tert-OH is 2. The van der Waals surface area contributed by atoms with E-state index in [4.69, 9.17) is 18.5 Å². The van der Waals surface area contributed by atoms with Gasteiger partial charge in [0.25, 0.3) is 0 Å². The summed E-state index contributed by atoms with van der Waals surface area (Å²) in [5.41, 5.74) is 0. The van der Waals surface area contributed by atoms with Gasteiger partial charge in [0, 0.05) is 12.8 Å². The molecule has 0 bridgehead atoms. The van der Waals surface area contributed by atoms with Gasteiger partial charge in [-0.1, -0.05) is 71.6 Å². The minimum atomic E-state index is -4.59. The van der Waals surface area contributed by atoms with Crippen LogP contribution in [0.3, 0.4) is 0 Å². The van der Waals surface area contributed by atoms with Gasteiger partial charge in [-0.05, 0) is 12.8 Å². The van der Waals surface area contributed by atoms with E-state index in [2.05, 4.69) is 13.8 Å². The molecule has 0 aliphatic heterocycles. The first-order chi connectivity index (χ1) is 16.3. The average Bonchev–Trinajstić information content (AvgIpc) is 2.81. The highest BCUT2D eigenvalue weighted by atomic mass is 31.2. The number of unbranched alkanes of at least 4 members (excludes halogenated alkanes) is 9. The van der Waals surface area contributed by atoms with Crippen LogP contribution in [0.2, 0.25) is 0 Å². The Balaban J connectivity index is 4.20. The minimum Gasteiger partial charge on any atom is -0.457 e. The second-order valence-electron chi connectivity index (χ2n) is 8.33. The summed E-state index contributed by atoms with van der Waals surface area (Å²) in [4.78, 5) is 33.5. The monoisotopic (exact) mass is 512 g/mol. The Morgan fingerprint density at radius 2 is 1.03 bits per heavy atom. The zero-order valence-electron chi connectivity index (χ0n) is 20.8. The summed E-state index contributed by atoms with van der Waals surface area (Å²) < 4.78 is 31.7. The van der Waals surface area contributed by atoms with Gasteiger partial charge in [0.05, 0.1) is 26.4 Å². The number of phosphoric acid groups is 1. The Hall–Kier alpha value is -1.03. The molecule has 11 heteroatoms. The maximum absolute atomic E-state index is 12.1. The topological polar surface area (TPSA) is 149 Å². The number of hydrogen-bond acceptors (Lipinski definition) is 9. The highest BCUT2D eigenvalue weighted by Crippen LogP contribution is 2.43. The summed E-state index contributed by atoms with van der Waals surface area (Å²) in [6, 6.07) is 0. The average molecular weight is 513 g/mol. The molecule has 0 spiro atoms. The predicted molar refractivity (Wildman–Crippen MR) is 127 cm³/mol. The van der Waals surface area contributed by atoms with Gasteiger partial charge in [-0.3, -0.25) is 18.6 Å². The van der Waals surface area contributed by atoms with E-state index in [1.54, 1.807) is 0 Å². The van der Waals surface area contributed by atoms with E-state index in [1.165, 1.54) is 19.3 Å². The number of ether oxygens (including phenoxy) is 2. The van der Waals surface area contributed by atoms with Gasteiger partial charge in [0.2, 0.25) is 0 Å². The second-order valence-corrected chi connectivity index (χ2v) is 9.78. The lowest BCUT2D eigenvalue weighted by Gasteiger charge is -2.20. The molecule has 0 amide bonds. The third-order valence-corrected chi connectivity index (χ3v) is 6.02. The number of carbonyl (C=O) groups excluding carboxylic acids is 2. The summed E-state index contributed by atoms with van der Waals surface area (Å²) in [5, 5.41) is 18.7. The maximum Gasteiger partial charge on any atom is 0.472 e. The Kier molecular flexibility index (Phi) is 20.6. The van der Waals surface area contributed by atoms with Gasteiger partial charge in [0.1, 0.15) is 12.2 Å². The van der Waals surface area contributed by atoms with Gasteiger partial charge in [-0.15, -0.1) is 0 Å². The van der Waals surface area contributed by atoms with Crippen LogP contribution in [0.5, 0.6) is 0 Å². The summed E-state index contributed by atoms with van der Waals surface area (Å²) in [6.07, 6.45) is 9.09. The van der Waals surface area contributed by atoms with Crippen LogP contribution in [0, 0.1) is 0 Å². The molecule has 34 heavy (non-hydrogen) atoms. The molecule has 0 aliphatic carbocycles. The van der Waals surface area contributed by atoms with Crippen LogP contribution >= 0.6 is 7.82 Å². The molecule has 0 radical (unpaired) electrons. The van der Waals surface area contributed by atoms with Gasteiger partial charge in [-0.25, -0.2) is 4.57 Å². The van der Waals surface area contributed by atoms with Crippen molar-refractivity contribution in [1.29, 1.82) is 0 Å². The molecule has 0 aromatic heterocycles. The van der Waals surface area contributed by atoms with Crippen LogP contribution in [0.25, 0.3) is 0 Å². The normalized spacial score (nSPS) is 14.9. The lowest BCUT2D eigenvalue weighted by atomic mass is 10.1. The number of hydrogen-bond donors (Lipinski definition) is 3. The molecule has 3 N–H and O–H groups in total. The van der Waals surface area contributed by atoms with Crippen LogP contribution in [0.4, 0.5) is 0 Å². The van der Waals surface area contributed by atoms with E-state index in [9.17, 15) is 29.3 Å². The molecular weight excluding hydrogens is 467 g/mol. The largest absolute Gasteiger partial charge is 0.472 e. The van der Waals surface area contributed by atoms with Crippen LogP contribution in [0.15, 0.2) is 0 Å². The molecule has 3 unspecified atom stereocenters. The molecule has 0 aromatic rings. The second kappa shape index (κ2) is 21.3. The molecule has 0 aliphatic rings. The fraction of sp³-hybridized carbons (Fsp3) is 0.913. The van der Waals surface area contributed by atoms with Crippen molar-refractivity contribution in [2.45, 2.75) is 110 Å². The molecule has 0 fully saturated rings. The van der Waals surface area contributed by atoms with Gasteiger partial charge in [0.15, 0.2) is 0 Å². The highest BCUT2D eigenvalue weighted by molar-refractivity contribution is 7.47. The number of aliphatic hydroxyl groups is 2. The van der Waals surface area contributed by atoms with E-state index in [-0.39, 0.29) is 12.8 Å². The van der Waals surface area contributed by atoms with E-state index >= 15 is 0 Å². The Morgan fingerprint density at radius 3 is 1.41 bits per heavy atom. The maximum atomic E-state index is 12.1. The zero-order chi connectivity index (χ0) is 25.7. The van der Waals surface area contributed by atoms with E-state index in [1.807, 2.05) is 0 Å². The van der Waals surface area contributed by atoms with Crippen molar-refractivity contribution in [1.82, 2.24) is 0 Å². The predicted octanol–water partition coefficient (Wildman–Crippen LogP) is 4.04. The highest BCUT2D eigenvalue weighted by Gasteiger charge is 2.27. The summed E-state index contributed by atoms with van der Waals surface area (Å²) in [6.45, 7) is 1.93. The number of rotatable bonds is 23. The fourth-order valence-corrected chi connectivity index (χ4v) is 3.84. The number of carbonyl (C=O) groups is 2. The first-order valence-corrected chi connectivity index (χ1v) is 14.0. The quantitative estimate of drug-likeness (QED) is 0.104. The van der Waals surface area contributed by atoms with E-state index in [0.717, 1.165) is 38.5 Å². The number of esters is 2. The first-order valence-electron chi connectivity index (χ1n) is 12.5. The summed E-state index contributed by atoms with van der Waals surface area (Å²) in [7, 11) is -4.59. The smallest absolute Gasteiger partial charge is 0.457 e. The van der Waals surface area contributed by atoms with Crippen molar-refractivity contribution in [3.8, 4) is 0 Å². The van der Waals surface area contributed by atoms with Gasteiger partial charge >= 0.3 is 19.8 Å². The molecule has 0 aromatic carbocycles. The third-order valence-electron chi connectivity index (χ3n) is 5.07. The summed E-state index contributed by atoms with van der Waals surface area (Å²) in [5.74, 6) is -1.04. The molecule has 0 saturated heterocycles. The molecule has 0 saturated carbocycles. The molecule has 10 nitrogen and oxygen atoms in total. The van der Waals surface area contributed by atoms with Crippen LogP contribution in [0.1, 0.15) is 97.3 Å². The Bertz CT molecular complexity index is 572.